The van der Waals surface area contributed by atoms with E-state index in [1.807, 2.05) is 6.08 Å². The molecule has 0 aliphatic heterocycles. The second kappa shape index (κ2) is 4.38. The molecule has 0 aromatic carbocycles. The molecule has 0 amide bonds. The Labute approximate surface area is 70.0 Å². The molecule has 1 fully saturated rings. The lowest BCUT2D eigenvalue weighted by atomic mass is 10.1. The molecule has 2 bridgehead atoms. The Morgan fingerprint density at radius 1 is 1.36 bits per heavy atom. The molecular formula is C11H18. The topological polar surface area (TPSA) is 0 Å². The van der Waals surface area contributed by atoms with E-state index < -0.39 is 0 Å². The van der Waals surface area contributed by atoms with E-state index in [-0.39, 0.29) is 0 Å². The van der Waals surface area contributed by atoms with Crippen LogP contribution < -0.4 is 0 Å². The summed E-state index contributed by atoms with van der Waals surface area (Å²) >= 11 is 0. The zero-order valence-corrected chi connectivity index (χ0v) is 7.42. The van der Waals surface area contributed by atoms with Gasteiger partial charge in [0.05, 0.1) is 0 Å². The zero-order valence-electron chi connectivity index (χ0n) is 7.42. The molecule has 0 aromatic rings. The van der Waals surface area contributed by atoms with Crippen LogP contribution >= 0.6 is 0 Å². The minimum absolute atomic E-state index is 0.991. The monoisotopic (exact) mass is 150 g/mol. The molecule has 11 heavy (non-hydrogen) atoms. The summed E-state index contributed by atoms with van der Waals surface area (Å²) in [5.74, 6) is 1.98. The number of rotatable bonds is 1. The van der Waals surface area contributed by atoms with Crippen molar-refractivity contribution in [2.75, 3.05) is 0 Å². The molecule has 2 unspecified atom stereocenters. The summed E-state index contributed by atoms with van der Waals surface area (Å²) in [7, 11) is 0. The number of hydrogen-bond acceptors (Lipinski definition) is 0. The first-order valence-corrected chi connectivity index (χ1v) is 4.66. The van der Waals surface area contributed by atoms with Gasteiger partial charge in [0.2, 0.25) is 0 Å². The molecule has 0 N–H and O–H groups in total. The molecule has 0 aromatic heterocycles. The van der Waals surface area contributed by atoms with E-state index in [1.54, 1.807) is 0 Å². The summed E-state index contributed by atoms with van der Waals surface area (Å²) in [4.78, 5) is 0. The molecule has 0 nitrogen and oxygen atoms in total. The largest absolute Gasteiger partial charge is 0.103 e. The molecule has 2 atom stereocenters. The fourth-order valence-corrected chi connectivity index (χ4v) is 1.72. The Balaban J connectivity index is 0.000000134. The summed E-state index contributed by atoms with van der Waals surface area (Å²) in [6, 6.07) is 0. The highest BCUT2D eigenvalue weighted by atomic mass is 14.3. The molecule has 0 heterocycles. The predicted molar refractivity (Wildman–Crippen MR) is 50.5 cm³/mol. The van der Waals surface area contributed by atoms with E-state index in [2.05, 4.69) is 25.7 Å². The van der Waals surface area contributed by atoms with Crippen molar-refractivity contribution in [2.45, 2.75) is 32.6 Å². The molecule has 2 rings (SSSR count). The second-order valence-electron chi connectivity index (χ2n) is 3.42. The average molecular weight is 150 g/mol. The van der Waals surface area contributed by atoms with Crippen LogP contribution in [0.5, 0.6) is 0 Å². The first-order chi connectivity index (χ1) is 5.36. The van der Waals surface area contributed by atoms with Crippen molar-refractivity contribution >= 4 is 0 Å². The van der Waals surface area contributed by atoms with Crippen LogP contribution in [0.1, 0.15) is 32.6 Å². The zero-order chi connectivity index (χ0) is 8.10. The lowest BCUT2D eigenvalue weighted by molar-refractivity contribution is 0.691. The number of allylic oxidation sites excluding steroid dienone is 3. The quantitative estimate of drug-likeness (QED) is 0.501. The van der Waals surface area contributed by atoms with Crippen LogP contribution in [0.15, 0.2) is 24.8 Å². The molecule has 0 heteroatoms. The van der Waals surface area contributed by atoms with Crippen LogP contribution in [-0.2, 0) is 0 Å². The van der Waals surface area contributed by atoms with Crippen LogP contribution in [0.25, 0.3) is 0 Å². The maximum atomic E-state index is 3.48. The summed E-state index contributed by atoms with van der Waals surface area (Å²) in [6.45, 7) is 5.54. The van der Waals surface area contributed by atoms with Crippen LogP contribution in [0, 0.1) is 11.8 Å². The maximum Gasteiger partial charge on any atom is -0.0228 e. The van der Waals surface area contributed by atoms with Gasteiger partial charge < -0.3 is 0 Å². The molecule has 2 aliphatic rings. The third kappa shape index (κ3) is 2.53. The van der Waals surface area contributed by atoms with Gasteiger partial charge in [-0.3, -0.25) is 0 Å². The van der Waals surface area contributed by atoms with Crippen LogP contribution in [0.2, 0.25) is 0 Å². The number of fused-ring (bicyclic) bond motifs is 2. The summed E-state index contributed by atoms with van der Waals surface area (Å²) < 4.78 is 0. The van der Waals surface area contributed by atoms with Crippen molar-refractivity contribution < 1.29 is 0 Å². The van der Waals surface area contributed by atoms with Crippen molar-refractivity contribution in [2.24, 2.45) is 11.8 Å². The van der Waals surface area contributed by atoms with Crippen LogP contribution in [-0.4, -0.2) is 0 Å². The molecule has 0 radical (unpaired) electrons. The maximum absolute atomic E-state index is 3.48. The van der Waals surface area contributed by atoms with Crippen molar-refractivity contribution in [3.8, 4) is 0 Å². The molecule has 0 spiro atoms. The van der Waals surface area contributed by atoms with E-state index >= 15 is 0 Å². The van der Waals surface area contributed by atoms with E-state index in [0.29, 0.717) is 0 Å². The van der Waals surface area contributed by atoms with E-state index in [9.17, 15) is 0 Å². The molecule has 62 valence electrons. The summed E-state index contributed by atoms with van der Waals surface area (Å²) in [5.41, 5.74) is 0. The van der Waals surface area contributed by atoms with E-state index in [0.717, 1.165) is 18.3 Å². The van der Waals surface area contributed by atoms with Gasteiger partial charge in [0, 0.05) is 0 Å². The molecule has 2 aliphatic carbocycles. The van der Waals surface area contributed by atoms with Crippen LogP contribution in [0.3, 0.4) is 0 Å². The second-order valence-corrected chi connectivity index (χ2v) is 3.42. The van der Waals surface area contributed by atoms with Gasteiger partial charge in [-0.2, -0.15) is 0 Å². The highest BCUT2D eigenvalue weighted by molar-refractivity contribution is 5.06. The minimum atomic E-state index is 0.991. The third-order valence-corrected chi connectivity index (χ3v) is 2.46. The van der Waals surface area contributed by atoms with Crippen molar-refractivity contribution in [1.29, 1.82) is 0 Å². The standard InChI is InChI=1S/C7H10.C4H8/c1-2-7-4-3-6(1)5-7;1-3-4-2/h1-2,6-7H,3-5H2;3H,1,4H2,2H3. The van der Waals surface area contributed by atoms with Gasteiger partial charge in [0.15, 0.2) is 0 Å². The number of hydrogen-bond donors (Lipinski definition) is 0. The smallest absolute Gasteiger partial charge is 0.0228 e. The fraction of sp³-hybridized carbons (Fsp3) is 0.636. The normalized spacial score (nSPS) is 31.4. The van der Waals surface area contributed by atoms with Crippen molar-refractivity contribution in [3.05, 3.63) is 24.8 Å². The Bertz CT molecular complexity index is 132. The lowest BCUT2D eigenvalue weighted by Gasteiger charge is -1.96. The lowest BCUT2D eigenvalue weighted by Crippen LogP contribution is -1.82. The van der Waals surface area contributed by atoms with Gasteiger partial charge in [-0.05, 0) is 37.5 Å². The summed E-state index contributed by atoms with van der Waals surface area (Å²) in [5, 5.41) is 0. The highest BCUT2D eigenvalue weighted by Gasteiger charge is 2.25. The first kappa shape index (κ1) is 8.58. The Morgan fingerprint density at radius 2 is 1.82 bits per heavy atom. The van der Waals surface area contributed by atoms with Crippen LogP contribution in [0.4, 0.5) is 0 Å². The average Bonchev–Trinajstić information content (AvgIpc) is 2.67. The third-order valence-electron chi connectivity index (χ3n) is 2.46. The Kier molecular flexibility index (Phi) is 3.41. The minimum Gasteiger partial charge on any atom is -0.103 e. The predicted octanol–water partition coefficient (Wildman–Crippen LogP) is 3.55. The van der Waals surface area contributed by atoms with Gasteiger partial charge in [-0.1, -0.05) is 25.2 Å². The highest BCUT2D eigenvalue weighted by Crippen LogP contribution is 2.38. The van der Waals surface area contributed by atoms with Gasteiger partial charge in [0.1, 0.15) is 0 Å². The summed E-state index contributed by atoms with van der Waals surface area (Å²) in [6.07, 6.45) is 12.1. The van der Waals surface area contributed by atoms with Gasteiger partial charge in [-0.15, -0.1) is 6.58 Å². The van der Waals surface area contributed by atoms with E-state index in [4.69, 9.17) is 0 Å². The van der Waals surface area contributed by atoms with Crippen molar-refractivity contribution in [3.63, 3.8) is 0 Å². The molecule has 0 saturated heterocycles. The Morgan fingerprint density at radius 3 is 1.91 bits per heavy atom. The van der Waals surface area contributed by atoms with Gasteiger partial charge in [0.25, 0.3) is 0 Å². The fourth-order valence-electron chi connectivity index (χ4n) is 1.72. The van der Waals surface area contributed by atoms with Crippen molar-refractivity contribution in [1.82, 2.24) is 0 Å². The molecule has 1 saturated carbocycles. The Hall–Kier alpha value is -0.520. The van der Waals surface area contributed by atoms with Gasteiger partial charge in [-0.25, -0.2) is 0 Å². The molecular weight excluding hydrogens is 132 g/mol. The van der Waals surface area contributed by atoms with E-state index in [1.165, 1.54) is 19.3 Å². The SMILES string of the molecule is C1=CC2CCC1C2.C=CCC. The van der Waals surface area contributed by atoms with Gasteiger partial charge >= 0.3 is 0 Å². The first-order valence-electron chi connectivity index (χ1n) is 4.66.